The molecule has 0 saturated heterocycles. The van der Waals surface area contributed by atoms with E-state index in [0.29, 0.717) is 5.92 Å². The van der Waals surface area contributed by atoms with Gasteiger partial charge in [0.1, 0.15) is 11.6 Å². The van der Waals surface area contributed by atoms with Crippen LogP contribution in [-0.2, 0) is 0 Å². The van der Waals surface area contributed by atoms with E-state index >= 15 is 0 Å². The van der Waals surface area contributed by atoms with Gasteiger partial charge in [0.25, 0.3) is 0 Å². The summed E-state index contributed by atoms with van der Waals surface area (Å²) in [6.45, 7) is 0.931. The summed E-state index contributed by atoms with van der Waals surface area (Å²) in [6, 6.07) is 6.40. The highest BCUT2D eigenvalue weighted by atomic mass is 16.6. The Labute approximate surface area is 111 Å². The second kappa shape index (κ2) is 5.67. The van der Waals surface area contributed by atoms with Crippen molar-refractivity contribution in [2.45, 2.75) is 18.9 Å². The number of para-hydroxylation sites is 1. The molecule has 19 heavy (non-hydrogen) atoms. The quantitative estimate of drug-likeness (QED) is 0.645. The van der Waals surface area contributed by atoms with Gasteiger partial charge in [-0.15, -0.1) is 0 Å². The molecule has 0 amide bonds. The van der Waals surface area contributed by atoms with Crippen molar-refractivity contribution < 1.29 is 9.66 Å². The lowest BCUT2D eigenvalue weighted by Crippen LogP contribution is -2.38. The third kappa shape index (κ3) is 2.83. The van der Waals surface area contributed by atoms with E-state index in [2.05, 4.69) is 5.32 Å². The molecule has 6 heteroatoms. The molecule has 1 saturated carbocycles. The lowest BCUT2D eigenvalue weighted by Gasteiger charge is -2.35. The van der Waals surface area contributed by atoms with Gasteiger partial charge >= 0.3 is 5.69 Å². The van der Waals surface area contributed by atoms with E-state index in [0.717, 1.165) is 19.4 Å². The lowest BCUT2D eigenvalue weighted by atomic mass is 9.82. The van der Waals surface area contributed by atoms with Crippen LogP contribution in [0.4, 0.5) is 5.69 Å². The number of rotatable bonds is 5. The molecule has 1 fully saturated rings. The van der Waals surface area contributed by atoms with E-state index < -0.39 is 4.92 Å². The van der Waals surface area contributed by atoms with Crippen molar-refractivity contribution in [3.05, 3.63) is 33.9 Å². The Balaban J connectivity index is 2.10. The predicted molar refractivity (Wildman–Crippen MR) is 68.9 cm³/mol. The first-order valence-corrected chi connectivity index (χ1v) is 6.14. The molecule has 6 nitrogen and oxygen atoms in total. The van der Waals surface area contributed by atoms with Crippen LogP contribution in [0.5, 0.6) is 5.75 Å². The third-order valence-electron chi connectivity index (χ3n) is 3.28. The minimum absolute atomic E-state index is 0.00555. The monoisotopic (exact) mass is 261 g/mol. The van der Waals surface area contributed by atoms with Gasteiger partial charge in [0.2, 0.25) is 0 Å². The van der Waals surface area contributed by atoms with Crippen molar-refractivity contribution in [3.8, 4) is 11.8 Å². The summed E-state index contributed by atoms with van der Waals surface area (Å²) < 4.78 is 5.64. The van der Waals surface area contributed by atoms with E-state index in [-0.39, 0.29) is 23.1 Å². The number of ether oxygens (including phenoxy) is 1. The molecule has 2 rings (SSSR count). The van der Waals surface area contributed by atoms with E-state index in [1.165, 1.54) is 6.07 Å². The van der Waals surface area contributed by atoms with Gasteiger partial charge in [0, 0.05) is 0 Å². The van der Waals surface area contributed by atoms with Gasteiger partial charge in [-0.3, -0.25) is 10.1 Å². The standard InChI is InChI=1S/C13H15N3O3/c1-15-8-9-5-11(6-9)19-12-4-2-3-10(7-14)13(12)16(17)18/h2-4,9,11,15H,5-6,8H2,1H3. The zero-order valence-corrected chi connectivity index (χ0v) is 10.6. The molecular weight excluding hydrogens is 246 g/mol. The Morgan fingerprint density at radius 1 is 1.58 bits per heavy atom. The highest BCUT2D eigenvalue weighted by Crippen LogP contribution is 2.36. The SMILES string of the molecule is CNCC1CC(Oc2cccc(C#N)c2[N+](=O)[O-])C1. The summed E-state index contributed by atoms with van der Waals surface area (Å²) in [7, 11) is 1.90. The van der Waals surface area contributed by atoms with Gasteiger partial charge in [-0.05, 0) is 44.5 Å². The molecule has 100 valence electrons. The molecule has 0 aliphatic heterocycles. The molecule has 1 aliphatic rings. The van der Waals surface area contributed by atoms with E-state index in [9.17, 15) is 10.1 Å². The van der Waals surface area contributed by atoms with Crippen LogP contribution in [0.15, 0.2) is 18.2 Å². The molecule has 0 aromatic heterocycles. The molecule has 1 aliphatic carbocycles. The van der Waals surface area contributed by atoms with Crippen molar-refractivity contribution >= 4 is 5.69 Å². The molecule has 0 spiro atoms. The molecular formula is C13H15N3O3. The second-order valence-corrected chi connectivity index (χ2v) is 4.66. The second-order valence-electron chi connectivity index (χ2n) is 4.66. The molecule has 0 unspecified atom stereocenters. The smallest absolute Gasteiger partial charge is 0.328 e. The lowest BCUT2D eigenvalue weighted by molar-refractivity contribution is -0.386. The number of hydrogen-bond donors (Lipinski definition) is 1. The highest BCUT2D eigenvalue weighted by molar-refractivity contribution is 5.58. The number of benzene rings is 1. The minimum Gasteiger partial charge on any atom is -0.483 e. The predicted octanol–water partition coefficient (Wildman–Crippen LogP) is 1.84. The summed E-state index contributed by atoms with van der Waals surface area (Å²) >= 11 is 0. The normalized spacial score (nSPS) is 21.3. The van der Waals surface area contributed by atoms with Crippen molar-refractivity contribution in [1.82, 2.24) is 5.32 Å². The Morgan fingerprint density at radius 2 is 2.32 bits per heavy atom. The van der Waals surface area contributed by atoms with Crippen molar-refractivity contribution in [1.29, 1.82) is 5.26 Å². The maximum absolute atomic E-state index is 11.0. The summed E-state index contributed by atoms with van der Waals surface area (Å²) in [5.41, 5.74) is -0.198. The zero-order chi connectivity index (χ0) is 13.8. The van der Waals surface area contributed by atoms with Crippen LogP contribution < -0.4 is 10.1 Å². The van der Waals surface area contributed by atoms with Gasteiger partial charge in [-0.1, -0.05) is 6.07 Å². The van der Waals surface area contributed by atoms with Crippen LogP contribution in [0, 0.1) is 27.4 Å². The van der Waals surface area contributed by atoms with Gasteiger partial charge in [-0.2, -0.15) is 5.26 Å². The fourth-order valence-electron chi connectivity index (χ4n) is 2.30. The topological polar surface area (TPSA) is 88.2 Å². The number of hydrogen-bond acceptors (Lipinski definition) is 5. The maximum atomic E-state index is 11.0. The largest absolute Gasteiger partial charge is 0.483 e. The fraction of sp³-hybridized carbons (Fsp3) is 0.462. The average molecular weight is 261 g/mol. The van der Waals surface area contributed by atoms with Gasteiger partial charge in [0.05, 0.1) is 11.0 Å². The summed E-state index contributed by atoms with van der Waals surface area (Å²) in [6.07, 6.45) is 1.77. The minimum atomic E-state index is -0.558. The molecule has 1 aromatic carbocycles. The Bertz CT molecular complexity index is 518. The van der Waals surface area contributed by atoms with Crippen LogP contribution in [0.25, 0.3) is 0 Å². The van der Waals surface area contributed by atoms with Crippen LogP contribution in [-0.4, -0.2) is 24.6 Å². The maximum Gasteiger partial charge on any atom is 0.328 e. The molecule has 0 atom stereocenters. The number of nitrogens with one attached hydrogen (secondary N) is 1. The molecule has 1 aromatic rings. The summed E-state index contributed by atoms with van der Waals surface area (Å²) in [5, 5.41) is 23.0. The van der Waals surface area contributed by atoms with Crippen LogP contribution in [0.1, 0.15) is 18.4 Å². The first-order valence-electron chi connectivity index (χ1n) is 6.14. The van der Waals surface area contributed by atoms with Crippen LogP contribution in [0.2, 0.25) is 0 Å². The van der Waals surface area contributed by atoms with Gasteiger partial charge in [-0.25, -0.2) is 0 Å². The fourth-order valence-corrected chi connectivity index (χ4v) is 2.30. The summed E-state index contributed by atoms with van der Waals surface area (Å²) in [4.78, 5) is 10.5. The third-order valence-corrected chi connectivity index (χ3v) is 3.28. The Hall–Kier alpha value is -2.13. The number of nitro groups is 1. The first kappa shape index (κ1) is 13.3. The Kier molecular flexibility index (Phi) is 3.97. The molecule has 0 heterocycles. The van der Waals surface area contributed by atoms with Crippen LogP contribution >= 0.6 is 0 Å². The van der Waals surface area contributed by atoms with Gasteiger partial charge < -0.3 is 10.1 Å². The van der Waals surface area contributed by atoms with Gasteiger partial charge in [0.15, 0.2) is 5.75 Å². The van der Waals surface area contributed by atoms with E-state index in [4.69, 9.17) is 10.00 Å². The molecule has 0 radical (unpaired) electrons. The van der Waals surface area contributed by atoms with Crippen molar-refractivity contribution in [3.63, 3.8) is 0 Å². The number of nitriles is 1. The molecule has 1 N–H and O–H groups in total. The van der Waals surface area contributed by atoms with Crippen molar-refractivity contribution in [2.24, 2.45) is 5.92 Å². The summed E-state index contributed by atoms with van der Waals surface area (Å²) in [5.74, 6) is 0.755. The number of nitro benzene ring substituents is 1. The van der Waals surface area contributed by atoms with E-state index in [1.54, 1.807) is 12.1 Å². The highest BCUT2D eigenvalue weighted by Gasteiger charge is 2.32. The number of nitrogens with zero attached hydrogens (tertiary/aromatic N) is 2. The van der Waals surface area contributed by atoms with Crippen LogP contribution in [0.3, 0.4) is 0 Å². The first-order chi connectivity index (χ1) is 9.15. The Morgan fingerprint density at radius 3 is 2.89 bits per heavy atom. The molecule has 0 bridgehead atoms. The average Bonchev–Trinajstić information content (AvgIpc) is 2.35. The zero-order valence-electron chi connectivity index (χ0n) is 10.6. The van der Waals surface area contributed by atoms with E-state index in [1.807, 2.05) is 13.1 Å². The van der Waals surface area contributed by atoms with Crippen molar-refractivity contribution in [2.75, 3.05) is 13.6 Å².